The molecule has 0 unspecified atom stereocenters. The minimum Gasteiger partial charge on any atom is -0.368 e. The van der Waals surface area contributed by atoms with E-state index in [0.29, 0.717) is 18.8 Å². The fraction of sp³-hybridized carbons (Fsp3) is 0.429. The molecule has 0 saturated carbocycles. The molecule has 0 spiro atoms. The molecule has 1 aromatic carbocycles. The molecule has 3 rings (SSSR count). The standard InChI is InChI=1S/C14H15F3N4S/c1-10-18-13(22-19-10)21-7-5-20(6-8-21)12-4-2-3-11(9-12)14(15,16)17/h2-4,9H,5-8H2,1H3. The monoisotopic (exact) mass is 328 g/mol. The molecule has 4 nitrogen and oxygen atoms in total. The van der Waals surface area contributed by atoms with Crippen LogP contribution >= 0.6 is 11.5 Å². The fourth-order valence-corrected chi connectivity index (χ4v) is 3.18. The van der Waals surface area contributed by atoms with Gasteiger partial charge in [0.05, 0.1) is 5.56 Å². The zero-order chi connectivity index (χ0) is 15.7. The molecule has 0 N–H and O–H groups in total. The van der Waals surface area contributed by atoms with Crippen LogP contribution in [0.15, 0.2) is 24.3 Å². The lowest BCUT2D eigenvalue weighted by Crippen LogP contribution is -2.46. The normalized spacial score (nSPS) is 16.2. The van der Waals surface area contributed by atoms with Crippen LogP contribution in [0.25, 0.3) is 0 Å². The molecule has 118 valence electrons. The van der Waals surface area contributed by atoms with E-state index in [-0.39, 0.29) is 0 Å². The number of piperazine rings is 1. The van der Waals surface area contributed by atoms with Crippen LogP contribution in [-0.2, 0) is 6.18 Å². The van der Waals surface area contributed by atoms with Crippen LogP contribution in [0.2, 0.25) is 0 Å². The van der Waals surface area contributed by atoms with Gasteiger partial charge in [0.1, 0.15) is 5.82 Å². The third-order valence-corrected chi connectivity index (χ3v) is 4.47. The molecule has 1 aliphatic heterocycles. The van der Waals surface area contributed by atoms with Crippen molar-refractivity contribution < 1.29 is 13.2 Å². The van der Waals surface area contributed by atoms with Crippen molar-refractivity contribution in [2.45, 2.75) is 13.1 Å². The molecule has 0 amide bonds. The minimum absolute atomic E-state index is 0.604. The van der Waals surface area contributed by atoms with Crippen molar-refractivity contribution >= 4 is 22.4 Å². The van der Waals surface area contributed by atoms with Crippen LogP contribution in [-0.4, -0.2) is 35.5 Å². The van der Waals surface area contributed by atoms with Crippen LogP contribution < -0.4 is 9.80 Å². The predicted molar refractivity (Wildman–Crippen MR) is 80.5 cm³/mol. The van der Waals surface area contributed by atoms with Crippen molar-refractivity contribution in [1.82, 2.24) is 9.36 Å². The first kappa shape index (κ1) is 15.1. The molecule has 1 aromatic heterocycles. The quantitative estimate of drug-likeness (QED) is 0.847. The van der Waals surface area contributed by atoms with Crippen molar-refractivity contribution in [3.8, 4) is 0 Å². The van der Waals surface area contributed by atoms with Gasteiger partial charge in [-0.15, -0.1) is 0 Å². The molecule has 1 fully saturated rings. The number of halogens is 3. The highest BCUT2D eigenvalue weighted by molar-refractivity contribution is 7.09. The summed E-state index contributed by atoms with van der Waals surface area (Å²) < 4.78 is 42.5. The second-order valence-corrected chi connectivity index (χ2v) is 5.88. The fourth-order valence-electron chi connectivity index (χ4n) is 2.45. The molecule has 0 atom stereocenters. The summed E-state index contributed by atoms with van der Waals surface area (Å²) in [6, 6.07) is 5.49. The first-order valence-electron chi connectivity index (χ1n) is 6.91. The lowest BCUT2D eigenvalue weighted by Gasteiger charge is -2.36. The second kappa shape index (κ2) is 5.75. The zero-order valence-electron chi connectivity index (χ0n) is 12.0. The molecule has 1 saturated heterocycles. The molecule has 0 aliphatic carbocycles. The Balaban J connectivity index is 1.69. The molecule has 2 aromatic rings. The van der Waals surface area contributed by atoms with Gasteiger partial charge in [-0.3, -0.25) is 0 Å². The largest absolute Gasteiger partial charge is 0.416 e. The Labute approximate surface area is 130 Å². The number of nitrogens with zero attached hydrogens (tertiary/aromatic N) is 4. The van der Waals surface area contributed by atoms with E-state index in [2.05, 4.69) is 14.3 Å². The van der Waals surface area contributed by atoms with Crippen molar-refractivity contribution in [1.29, 1.82) is 0 Å². The summed E-state index contributed by atoms with van der Waals surface area (Å²) in [5.74, 6) is 0.750. The lowest BCUT2D eigenvalue weighted by molar-refractivity contribution is -0.137. The SMILES string of the molecule is Cc1nsc(N2CCN(c3cccc(C(F)(F)F)c3)CC2)n1. The molecule has 0 radical (unpaired) electrons. The van der Waals surface area contributed by atoms with E-state index in [1.165, 1.54) is 23.7 Å². The number of aryl methyl sites for hydroxylation is 1. The van der Waals surface area contributed by atoms with Crippen LogP contribution in [0.5, 0.6) is 0 Å². The third kappa shape index (κ3) is 3.16. The van der Waals surface area contributed by atoms with Gasteiger partial charge in [-0.05, 0) is 25.1 Å². The van der Waals surface area contributed by atoms with E-state index in [9.17, 15) is 13.2 Å². The highest BCUT2D eigenvalue weighted by atomic mass is 32.1. The van der Waals surface area contributed by atoms with Gasteiger partial charge >= 0.3 is 6.18 Å². The van der Waals surface area contributed by atoms with Gasteiger partial charge in [0.15, 0.2) is 0 Å². The molecule has 22 heavy (non-hydrogen) atoms. The number of hydrogen-bond acceptors (Lipinski definition) is 5. The van der Waals surface area contributed by atoms with Crippen LogP contribution in [0.1, 0.15) is 11.4 Å². The van der Waals surface area contributed by atoms with Gasteiger partial charge in [-0.1, -0.05) is 6.07 Å². The molecular weight excluding hydrogens is 313 g/mol. The van der Waals surface area contributed by atoms with E-state index in [1.54, 1.807) is 6.07 Å². The van der Waals surface area contributed by atoms with Crippen molar-refractivity contribution in [3.05, 3.63) is 35.7 Å². The van der Waals surface area contributed by atoms with E-state index in [1.807, 2.05) is 11.8 Å². The molecule has 0 bridgehead atoms. The van der Waals surface area contributed by atoms with Crippen LogP contribution in [0, 0.1) is 6.92 Å². The van der Waals surface area contributed by atoms with Crippen LogP contribution in [0.3, 0.4) is 0 Å². The van der Waals surface area contributed by atoms with Crippen molar-refractivity contribution in [2.75, 3.05) is 36.0 Å². The minimum atomic E-state index is -4.30. The Hall–Kier alpha value is -1.83. The van der Waals surface area contributed by atoms with Gasteiger partial charge in [0.2, 0.25) is 5.13 Å². The maximum Gasteiger partial charge on any atom is 0.416 e. The lowest BCUT2D eigenvalue weighted by atomic mass is 10.1. The summed E-state index contributed by atoms with van der Waals surface area (Å²) in [7, 11) is 0. The van der Waals surface area contributed by atoms with Crippen molar-refractivity contribution in [2.24, 2.45) is 0 Å². The molecule has 1 aliphatic rings. The van der Waals surface area contributed by atoms with E-state index < -0.39 is 11.7 Å². The van der Waals surface area contributed by atoms with Gasteiger partial charge < -0.3 is 9.80 Å². The number of alkyl halides is 3. The van der Waals surface area contributed by atoms with Crippen molar-refractivity contribution in [3.63, 3.8) is 0 Å². The second-order valence-electron chi connectivity index (χ2n) is 5.15. The Bertz CT molecular complexity index is 648. The number of aromatic nitrogens is 2. The zero-order valence-corrected chi connectivity index (χ0v) is 12.8. The number of benzene rings is 1. The van der Waals surface area contributed by atoms with E-state index >= 15 is 0 Å². The van der Waals surface area contributed by atoms with Gasteiger partial charge in [-0.2, -0.15) is 17.5 Å². The smallest absolute Gasteiger partial charge is 0.368 e. The summed E-state index contributed by atoms with van der Waals surface area (Å²) in [6.45, 7) is 4.63. The Morgan fingerprint density at radius 3 is 2.36 bits per heavy atom. The third-order valence-electron chi connectivity index (χ3n) is 3.61. The summed E-state index contributed by atoms with van der Waals surface area (Å²) in [5, 5.41) is 0.876. The number of hydrogen-bond donors (Lipinski definition) is 0. The summed E-state index contributed by atoms with van der Waals surface area (Å²) in [5.41, 5.74) is 0.00935. The number of anilines is 2. The predicted octanol–water partition coefficient (Wildman–Crippen LogP) is 3.19. The maximum absolute atomic E-state index is 12.8. The first-order valence-corrected chi connectivity index (χ1v) is 7.68. The van der Waals surface area contributed by atoms with Gasteiger partial charge in [-0.25, -0.2) is 4.98 Å². The highest BCUT2D eigenvalue weighted by Gasteiger charge is 2.31. The number of rotatable bonds is 2. The average molecular weight is 328 g/mol. The summed E-state index contributed by atoms with van der Waals surface area (Å²) >= 11 is 1.36. The topological polar surface area (TPSA) is 32.3 Å². The summed E-state index contributed by atoms with van der Waals surface area (Å²) in [4.78, 5) is 8.44. The molecular formula is C14H15F3N4S. The van der Waals surface area contributed by atoms with Crippen LogP contribution in [0.4, 0.5) is 24.0 Å². The molecule has 8 heteroatoms. The van der Waals surface area contributed by atoms with E-state index in [4.69, 9.17) is 0 Å². The Morgan fingerprint density at radius 1 is 1.09 bits per heavy atom. The summed E-state index contributed by atoms with van der Waals surface area (Å²) in [6.07, 6.45) is -4.30. The first-order chi connectivity index (χ1) is 10.4. The highest BCUT2D eigenvalue weighted by Crippen LogP contribution is 2.32. The average Bonchev–Trinajstić information content (AvgIpc) is 2.93. The van der Waals surface area contributed by atoms with Gasteiger partial charge in [0.25, 0.3) is 0 Å². The molecule has 2 heterocycles. The Kier molecular flexibility index (Phi) is 3.94. The maximum atomic E-state index is 12.8. The van der Waals surface area contributed by atoms with E-state index in [0.717, 1.165) is 30.1 Å². The van der Waals surface area contributed by atoms with Gasteiger partial charge in [0, 0.05) is 43.4 Å². The Morgan fingerprint density at radius 2 is 1.77 bits per heavy atom.